The second-order valence-electron chi connectivity index (χ2n) is 6.58. The zero-order valence-electron chi connectivity index (χ0n) is 14.8. The predicted octanol–water partition coefficient (Wildman–Crippen LogP) is 0.883. The maximum atomic E-state index is 12.4. The minimum Gasteiger partial charge on any atom is -0.448 e. The molecule has 1 aliphatic heterocycles. The molecule has 9 nitrogen and oxygen atoms in total. The first-order valence-electron chi connectivity index (χ1n) is 8.05. The van der Waals surface area contributed by atoms with Crippen LogP contribution < -0.4 is 10.2 Å². The van der Waals surface area contributed by atoms with Gasteiger partial charge < -0.3 is 14.6 Å². The van der Waals surface area contributed by atoms with Crippen LogP contribution >= 0.6 is 0 Å². The average Bonchev–Trinajstić information content (AvgIpc) is 3.18. The SMILES string of the molecule is Cc1nc(C(=O)Nc2cn(C)nc2N2CC(CN(C)C)CC2=O)co1. The predicted molar refractivity (Wildman–Crippen MR) is 91.4 cm³/mol. The molecule has 1 N–H and O–H groups in total. The number of hydrogen-bond acceptors (Lipinski definition) is 6. The van der Waals surface area contributed by atoms with Crippen LogP contribution in [-0.2, 0) is 11.8 Å². The molecule has 25 heavy (non-hydrogen) atoms. The maximum absolute atomic E-state index is 12.4. The first-order chi connectivity index (χ1) is 11.8. The van der Waals surface area contributed by atoms with Crippen molar-refractivity contribution in [3.63, 3.8) is 0 Å². The molecule has 0 aromatic carbocycles. The molecule has 3 heterocycles. The summed E-state index contributed by atoms with van der Waals surface area (Å²) >= 11 is 0. The second kappa shape index (κ2) is 6.67. The summed E-state index contributed by atoms with van der Waals surface area (Å²) in [5.41, 5.74) is 0.664. The van der Waals surface area contributed by atoms with Gasteiger partial charge in [-0.1, -0.05) is 0 Å². The molecule has 0 bridgehead atoms. The number of anilines is 2. The van der Waals surface area contributed by atoms with Crippen molar-refractivity contribution in [1.29, 1.82) is 0 Å². The molecule has 1 saturated heterocycles. The summed E-state index contributed by atoms with van der Waals surface area (Å²) in [6.07, 6.45) is 3.45. The van der Waals surface area contributed by atoms with Gasteiger partial charge in [0.25, 0.3) is 5.91 Å². The number of nitrogens with one attached hydrogen (secondary N) is 1. The Morgan fingerprint density at radius 3 is 2.88 bits per heavy atom. The number of hydrogen-bond donors (Lipinski definition) is 1. The summed E-state index contributed by atoms with van der Waals surface area (Å²) in [4.78, 5) is 32.4. The third-order valence-corrected chi connectivity index (χ3v) is 3.99. The molecule has 1 unspecified atom stereocenters. The van der Waals surface area contributed by atoms with Gasteiger partial charge in [-0.3, -0.25) is 19.2 Å². The van der Waals surface area contributed by atoms with Crippen molar-refractivity contribution in [2.45, 2.75) is 13.3 Å². The summed E-state index contributed by atoms with van der Waals surface area (Å²) in [7, 11) is 5.72. The first kappa shape index (κ1) is 17.2. The number of oxazole rings is 1. The average molecular weight is 346 g/mol. The number of amides is 2. The van der Waals surface area contributed by atoms with E-state index in [1.165, 1.54) is 6.26 Å². The topological polar surface area (TPSA) is 96.5 Å². The Bertz CT molecular complexity index is 794. The summed E-state index contributed by atoms with van der Waals surface area (Å²) < 4.78 is 6.64. The van der Waals surface area contributed by atoms with E-state index in [-0.39, 0.29) is 17.5 Å². The Morgan fingerprint density at radius 2 is 2.24 bits per heavy atom. The summed E-state index contributed by atoms with van der Waals surface area (Å²) in [5, 5.41) is 7.12. The van der Waals surface area contributed by atoms with Crippen molar-refractivity contribution in [3.05, 3.63) is 24.0 Å². The van der Waals surface area contributed by atoms with Gasteiger partial charge in [0.15, 0.2) is 17.4 Å². The molecule has 0 aliphatic carbocycles. The molecular formula is C16H22N6O3. The van der Waals surface area contributed by atoms with E-state index >= 15 is 0 Å². The summed E-state index contributed by atoms with van der Waals surface area (Å²) in [6, 6.07) is 0. The van der Waals surface area contributed by atoms with Crippen LogP contribution in [0.15, 0.2) is 16.9 Å². The van der Waals surface area contributed by atoms with Crippen molar-refractivity contribution in [2.24, 2.45) is 13.0 Å². The molecule has 2 amide bonds. The van der Waals surface area contributed by atoms with E-state index in [0.29, 0.717) is 30.4 Å². The van der Waals surface area contributed by atoms with E-state index in [9.17, 15) is 9.59 Å². The molecule has 1 atom stereocenters. The lowest BCUT2D eigenvalue weighted by molar-refractivity contribution is -0.117. The minimum atomic E-state index is -0.400. The van der Waals surface area contributed by atoms with Crippen LogP contribution in [0.5, 0.6) is 0 Å². The number of nitrogens with zero attached hydrogens (tertiary/aromatic N) is 5. The van der Waals surface area contributed by atoms with Gasteiger partial charge in [0.1, 0.15) is 12.0 Å². The molecule has 3 rings (SSSR count). The highest BCUT2D eigenvalue weighted by molar-refractivity contribution is 6.06. The fraction of sp³-hybridized carbons (Fsp3) is 0.500. The lowest BCUT2D eigenvalue weighted by Gasteiger charge is -2.17. The molecule has 2 aromatic rings. The van der Waals surface area contributed by atoms with Crippen molar-refractivity contribution in [1.82, 2.24) is 19.7 Å². The summed E-state index contributed by atoms with van der Waals surface area (Å²) in [6.45, 7) is 3.08. The molecule has 0 radical (unpaired) electrons. The minimum absolute atomic E-state index is 0.0123. The van der Waals surface area contributed by atoms with Crippen LogP contribution in [0.25, 0.3) is 0 Å². The van der Waals surface area contributed by atoms with E-state index in [1.54, 1.807) is 29.7 Å². The molecule has 2 aromatic heterocycles. The van der Waals surface area contributed by atoms with Crippen LogP contribution in [0, 0.1) is 12.8 Å². The van der Waals surface area contributed by atoms with E-state index in [2.05, 4.69) is 20.3 Å². The smallest absolute Gasteiger partial charge is 0.277 e. The molecule has 134 valence electrons. The quantitative estimate of drug-likeness (QED) is 0.863. The van der Waals surface area contributed by atoms with Crippen LogP contribution in [0.4, 0.5) is 11.5 Å². The largest absolute Gasteiger partial charge is 0.448 e. The van der Waals surface area contributed by atoms with E-state index in [1.807, 2.05) is 14.1 Å². The zero-order valence-corrected chi connectivity index (χ0v) is 14.8. The van der Waals surface area contributed by atoms with E-state index < -0.39 is 5.91 Å². The van der Waals surface area contributed by atoms with Crippen molar-refractivity contribution in [3.8, 4) is 0 Å². The van der Waals surface area contributed by atoms with Gasteiger partial charge in [-0.25, -0.2) is 4.98 Å². The standard InChI is InChI=1S/C16H22N6O3/c1-10-17-13(9-25-10)16(24)18-12-8-21(4)19-15(12)22-7-11(5-14(22)23)6-20(2)3/h8-9,11H,5-7H2,1-4H3,(H,18,24). The number of carbonyl (C=O) groups is 2. The van der Waals surface area contributed by atoms with E-state index in [4.69, 9.17) is 4.42 Å². The monoisotopic (exact) mass is 346 g/mol. The van der Waals surface area contributed by atoms with Crippen LogP contribution in [0.2, 0.25) is 0 Å². The van der Waals surface area contributed by atoms with Gasteiger partial charge in [-0.2, -0.15) is 5.10 Å². The van der Waals surface area contributed by atoms with Gasteiger partial charge in [0.05, 0.1) is 6.20 Å². The van der Waals surface area contributed by atoms with Gasteiger partial charge in [0, 0.05) is 33.5 Å². The van der Waals surface area contributed by atoms with Crippen molar-refractivity contribution >= 4 is 23.3 Å². The van der Waals surface area contributed by atoms with Crippen molar-refractivity contribution in [2.75, 3.05) is 37.4 Å². The fourth-order valence-corrected chi connectivity index (χ4v) is 3.04. The molecule has 1 aliphatic rings. The fourth-order valence-electron chi connectivity index (χ4n) is 3.04. The molecule has 9 heteroatoms. The zero-order chi connectivity index (χ0) is 18.1. The van der Waals surface area contributed by atoms with Crippen LogP contribution in [0.3, 0.4) is 0 Å². The number of aryl methyl sites for hydroxylation is 2. The first-order valence-corrected chi connectivity index (χ1v) is 8.05. The highest BCUT2D eigenvalue weighted by Gasteiger charge is 2.34. The Labute approximate surface area is 145 Å². The third kappa shape index (κ3) is 3.71. The van der Waals surface area contributed by atoms with Crippen LogP contribution in [0.1, 0.15) is 22.8 Å². The molecule has 1 fully saturated rings. The Morgan fingerprint density at radius 1 is 1.48 bits per heavy atom. The Balaban J connectivity index is 1.79. The third-order valence-electron chi connectivity index (χ3n) is 3.99. The Hall–Kier alpha value is -2.68. The lowest BCUT2D eigenvalue weighted by atomic mass is 10.1. The second-order valence-corrected chi connectivity index (χ2v) is 6.58. The van der Waals surface area contributed by atoms with Gasteiger partial charge >= 0.3 is 0 Å². The molecular weight excluding hydrogens is 324 g/mol. The highest BCUT2D eigenvalue weighted by Crippen LogP contribution is 2.30. The van der Waals surface area contributed by atoms with Crippen LogP contribution in [-0.4, -0.2) is 58.7 Å². The highest BCUT2D eigenvalue weighted by atomic mass is 16.3. The number of carbonyl (C=O) groups excluding carboxylic acids is 2. The number of rotatable bonds is 5. The normalized spacial score (nSPS) is 17.6. The Kier molecular flexibility index (Phi) is 4.58. The van der Waals surface area contributed by atoms with Crippen molar-refractivity contribution < 1.29 is 14.0 Å². The van der Waals surface area contributed by atoms with Gasteiger partial charge in [0.2, 0.25) is 5.91 Å². The lowest BCUT2D eigenvalue weighted by Crippen LogP contribution is -2.28. The maximum Gasteiger partial charge on any atom is 0.277 e. The molecule has 0 spiro atoms. The van der Waals surface area contributed by atoms with Gasteiger partial charge in [-0.05, 0) is 20.0 Å². The van der Waals surface area contributed by atoms with Gasteiger partial charge in [-0.15, -0.1) is 0 Å². The summed E-state index contributed by atoms with van der Waals surface area (Å²) in [5.74, 6) is 0.729. The van der Waals surface area contributed by atoms with E-state index in [0.717, 1.165) is 6.54 Å². The molecule has 0 saturated carbocycles. The number of aromatic nitrogens is 3.